The molecule has 1 heterocycles. The predicted octanol–water partition coefficient (Wildman–Crippen LogP) is 1.82. The van der Waals surface area contributed by atoms with E-state index < -0.39 is 0 Å². The standard InChI is InChI=1S/C16H22N2/c17-16-13-5-6-14(16)10-18(9-13)15-7-11-3-1-2-4-12(11)8-15/h1-4,13-16H,5-10,17H2/t13-,14+,16?. The van der Waals surface area contributed by atoms with E-state index in [1.54, 1.807) is 11.1 Å². The van der Waals surface area contributed by atoms with Crippen LogP contribution in [0.1, 0.15) is 24.0 Å². The highest BCUT2D eigenvalue weighted by atomic mass is 15.2. The summed E-state index contributed by atoms with van der Waals surface area (Å²) in [7, 11) is 0. The van der Waals surface area contributed by atoms with Crippen LogP contribution in [0.2, 0.25) is 0 Å². The summed E-state index contributed by atoms with van der Waals surface area (Å²) in [5.41, 5.74) is 9.45. The number of rotatable bonds is 1. The molecule has 1 unspecified atom stereocenters. The number of hydrogen-bond donors (Lipinski definition) is 1. The molecule has 96 valence electrons. The molecule has 1 saturated carbocycles. The highest BCUT2D eigenvalue weighted by molar-refractivity contribution is 5.33. The van der Waals surface area contributed by atoms with Gasteiger partial charge >= 0.3 is 0 Å². The zero-order valence-corrected chi connectivity index (χ0v) is 10.9. The van der Waals surface area contributed by atoms with Gasteiger partial charge in [0.25, 0.3) is 0 Å². The third-order valence-electron chi connectivity index (χ3n) is 5.48. The topological polar surface area (TPSA) is 29.3 Å². The van der Waals surface area contributed by atoms with Gasteiger partial charge in [-0.2, -0.15) is 0 Å². The van der Waals surface area contributed by atoms with Gasteiger partial charge in [-0.15, -0.1) is 0 Å². The Kier molecular flexibility index (Phi) is 2.49. The molecule has 0 radical (unpaired) electrons. The summed E-state index contributed by atoms with van der Waals surface area (Å²) in [6.07, 6.45) is 5.24. The molecular weight excluding hydrogens is 220 g/mol. The molecule has 2 bridgehead atoms. The van der Waals surface area contributed by atoms with E-state index >= 15 is 0 Å². The molecule has 1 aliphatic heterocycles. The summed E-state index contributed by atoms with van der Waals surface area (Å²) in [6, 6.07) is 10.2. The highest BCUT2D eigenvalue weighted by Crippen LogP contribution is 2.38. The van der Waals surface area contributed by atoms with Gasteiger partial charge in [0.2, 0.25) is 0 Å². The molecule has 2 aliphatic carbocycles. The summed E-state index contributed by atoms with van der Waals surface area (Å²) in [5, 5.41) is 0. The van der Waals surface area contributed by atoms with E-state index in [1.165, 1.54) is 38.8 Å². The van der Waals surface area contributed by atoms with Gasteiger partial charge < -0.3 is 5.73 Å². The van der Waals surface area contributed by atoms with Gasteiger partial charge in [0, 0.05) is 25.2 Å². The fraction of sp³-hybridized carbons (Fsp3) is 0.625. The maximum atomic E-state index is 6.30. The van der Waals surface area contributed by atoms with Crippen molar-refractivity contribution < 1.29 is 0 Å². The molecule has 2 heteroatoms. The van der Waals surface area contributed by atoms with Crippen molar-refractivity contribution in [2.75, 3.05) is 13.1 Å². The lowest BCUT2D eigenvalue weighted by Crippen LogP contribution is -2.52. The number of benzene rings is 1. The van der Waals surface area contributed by atoms with Crippen molar-refractivity contribution in [2.24, 2.45) is 17.6 Å². The minimum absolute atomic E-state index is 0.491. The molecule has 0 amide bonds. The van der Waals surface area contributed by atoms with Crippen molar-refractivity contribution in [1.29, 1.82) is 0 Å². The fourth-order valence-corrected chi connectivity index (χ4v) is 4.39. The molecule has 2 nitrogen and oxygen atoms in total. The molecule has 0 aromatic heterocycles. The van der Waals surface area contributed by atoms with Crippen molar-refractivity contribution in [3.8, 4) is 0 Å². The highest BCUT2D eigenvalue weighted by Gasteiger charge is 2.42. The van der Waals surface area contributed by atoms with Crippen LogP contribution < -0.4 is 5.73 Å². The second-order valence-corrected chi connectivity index (χ2v) is 6.46. The van der Waals surface area contributed by atoms with Crippen LogP contribution in [0, 0.1) is 11.8 Å². The van der Waals surface area contributed by atoms with Crippen LogP contribution in [0.15, 0.2) is 24.3 Å². The Hall–Kier alpha value is -0.860. The molecule has 3 aliphatic rings. The van der Waals surface area contributed by atoms with Gasteiger partial charge in [-0.05, 0) is 48.6 Å². The van der Waals surface area contributed by atoms with Crippen LogP contribution in [0.25, 0.3) is 0 Å². The Morgan fingerprint density at radius 2 is 1.50 bits per heavy atom. The smallest absolute Gasteiger partial charge is 0.0176 e. The minimum Gasteiger partial charge on any atom is -0.327 e. The van der Waals surface area contributed by atoms with E-state index in [2.05, 4.69) is 29.2 Å². The van der Waals surface area contributed by atoms with E-state index in [0.717, 1.165) is 17.9 Å². The SMILES string of the molecule is NC1[C@@H]2CC[C@H]1CN(C1Cc3ccccc3C1)C2. The Morgan fingerprint density at radius 1 is 0.944 bits per heavy atom. The second-order valence-electron chi connectivity index (χ2n) is 6.46. The lowest BCUT2D eigenvalue weighted by Gasteiger charge is -2.39. The lowest BCUT2D eigenvalue weighted by atomic mass is 9.91. The number of nitrogens with two attached hydrogens (primary N) is 1. The van der Waals surface area contributed by atoms with Crippen LogP contribution in [0.3, 0.4) is 0 Å². The molecule has 0 spiro atoms. The van der Waals surface area contributed by atoms with E-state index in [9.17, 15) is 0 Å². The quantitative estimate of drug-likeness (QED) is 0.814. The molecule has 1 aromatic carbocycles. The van der Waals surface area contributed by atoms with Crippen molar-refractivity contribution in [2.45, 2.75) is 37.8 Å². The van der Waals surface area contributed by atoms with E-state index in [-0.39, 0.29) is 0 Å². The normalized spacial score (nSPS) is 35.9. The first-order valence-corrected chi connectivity index (χ1v) is 7.37. The van der Waals surface area contributed by atoms with Crippen LogP contribution in [0.4, 0.5) is 0 Å². The molecule has 4 rings (SSSR count). The Labute approximate surface area is 109 Å². The van der Waals surface area contributed by atoms with Crippen molar-refractivity contribution >= 4 is 0 Å². The van der Waals surface area contributed by atoms with E-state index in [4.69, 9.17) is 5.73 Å². The zero-order valence-electron chi connectivity index (χ0n) is 10.9. The van der Waals surface area contributed by atoms with Crippen LogP contribution >= 0.6 is 0 Å². The monoisotopic (exact) mass is 242 g/mol. The van der Waals surface area contributed by atoms with E-state index in [1.807, 2.05) is 0 Å². The molecule has 1 saturated heterocycles. The second kappa shape index (κ2) is 4.07. The number of hydrogen-bond acceptors (Lipinski definition) is 2. The van der Waals surface area contributed by atoms with Crippen LogP contribution in [0.5, 0.6) is 0 Å². The van der Waals surface area contributed by atoms with Crippen LogP contribution in [-0.2, 0) is 12.8 Å². The van der Waals surface area contributed by atoms with Crippen LogP contribution in [-0.4, -0.2) is 30.1 Å². The number of fused-ring (bicyclic) bond motifs is 3. The Bertz CT molecular complexity index is 417. The van der Waals surface area contributed by atoms with Crippen molar-refractivity contribution in [3.05, 3.63) is 35.4 Å². The molecule has 1 aromatic rings. The number of piperidine rings is 1. The van der Waals surface area contributed by atoms with E-state index in [0.29, 0.717) is 6.04 Å². The maximum absolute atomic E-state index is 6.30. The largest absolute Gasteiger partial charge is 0.327 e. The summed E-state index contributed by atoms with van der Waals surface area (Å²) in [4.78, 5) is 2.74. The summed E-state index contributed by atoms with van der Waals surface area (Å²) >= 11 is 0. The van der Waals surface area contributed by atoms with Gasteiger partial charge in [-0.3, -0.25) is 4.90 Å². The average Bonchev–Trinajstić information content (AvgIpc) is 2.87. The summed E-state index contributed by atoms with van der Waals surface area (Å²) < 4.78 is 0. The minimum atomic E-state index is 0.491. The van der Waals surface area contributed by atoms with Gasteiger partial charge in [0.05, 0.1) is 0 Å². The van der Waals surface area contributed by atoms with Crippen molar-refractivity contribution in [3.63, 3.8) is 0 Å². The van der Waals surface area contributed by atoms with Crippen molar-refractivity contribution in [1.82, 2.24) is 4.90 Å². The molecule has 3 atom stereocenters. The predicted molar refractivity (Wildman–Crippen MR) is 73.4 cm³/mol. The third-order valence-corrected chi connectivity index (χ3v) is 5.48. The zero-order chi connectivity index (χ0) is 12.1. The van der Waals surface area contributed by atoms with Gasteiger partial charge in [0.15, 0.2) is 0 Å². The molecule has 2 N–H and O–H groups in total. The average molecular weight is 242 g/mol. The first-order chi connectivity index (χ1) is 8.81. The Balaban J connectivity index is 1.51. The molecular formula is C16H22N2. The lowest BCUT2D eigenvalue weighted by molar-refractivity contribution is 0.105. The fourth-order valence-electron chi connectivity index (χ4n) is 4.39. The van der Waals surface area contributed by atoms with Gasteiger partial charge in [0.1, 0.15) is 0 Å². The molecule has 2 fully saturated rings. The van der Waals surface area contributed by atoms with Gasteiger partial charge in [-0.25, -0.2) is 0 Å². The van der Waals surface area contributed by atoms with Gasteiger partial charge in [-0.1, -0.05) is 24.3 Å². The number of nitrogens with zero attached hydrogens (tertiary/aromatic N) is 1. The third kappa shape index (κ3) is 1.63. The number of likely N-dealkylation sites (tertiary alicyclic amines) is 1. The first-order valence-electron chi connectivity index (χ1n) is 7.37. The maximum Gasteiger partial charge on any atom is 0.0176 e. The Morgan fingerprint density at radius 3 is 2.06 bits per heavy atom. The molecule has 18 heavy (non-hydrogen) atoms. The first kappa shape index (κ1) is 11.0. The summed E-state index contributed by atoms with van der Waals surface area (Å²) in [5.74, 6) is 1.54. The summed E-state index contributed by atoms with van der Waals surface area (Å²) in [6.45, 7) is 2.49.